The molecule has 5 nitrogen and oxygen atoms in total. The normalized spacial score (nSPS) is 10.8. The molecule has 0 aromatic heterocycles. The number of rotatable bonds is 5. The largest absolute Gasteiger partial charge is 0.393 e. The Bertz CT molecular complexity index is 644. The van der Waals surface area contributed by atoms with Crippen LogP contribution in [-0.4, -0.2) is 16.9 Å². The molecule has 21 heavy (non-hydrogen) atoms. The highest BCUT2D eigenvalue weighted by molar-refractivity contribution is 6.30. The van der Waals surface area contributed by atoms with E-state index in [0.29, 0.717) is 11.6 Å². The van der Waals surface area contributed by atoms with E-state index in [1.807, 2.05) is 31.3 Å². The lowest BCUT2D eigenvalue weighted by atomic mass is 10.1. The number of nitrogens with two attached hydrogens (primary N) is 1. The smallest absolute Gasteiger partial charge is 0.292 e. The maximum absolute atomic E-state index is 10.9. The maximum atomic E-state index is 10.9. The molecule has 0 aliphatic carbocycles. The fraction of sp³-hybridized carbons (Fsp3) is 0.200. The first-order valence-corrected chi connectivity index (χ1v) is 6.79. The summed E-state index contributed by atoms with van der Waals surface area (Å²) in [5.41, 5.74) is 7.71. The number of nitrogen functional groups attached to an aromatic ring is 1. The van der Waals surface area contributed by atoms with Crippen molar-refractivity contribution in [2.45, 2.75) is 13.1 Å². The van der Waals surface area contributed by atoms with Crippen LogP contribution in [0.25, 0.3) is 0 Å². The van der Waals surface area contributed by atoms with Gasteiger partial charge in [-0.3, -0.25) is 15.0 Å². The zero-order valence-corrected chi connectivity index (χ0v) is 12.4. The Morgan fingerprint density at radius 1 is 1.14 bits per heavy atom. The van der Waals surface area contributed by atoms with Crippen molar-refractivity contribution in [1.82, 2.24) is 4.90 Å². The third-order valence-corrected chi connectivity index (χ3v) is 3.36. The summed E-state index contributed by atoms with van der Waals surface area (Å²) in [4.78, 5) is 12.5. The van der Waals surface area contributed by atoms with Crippen molar-refractivity contribution in [3.63, 3.8) is 0 Å². The van der Waals surface area contributed by atoms with E-state index in [1.165, 1.54) is 6.07 Å². The van der Waals surface area contributed by atoms with Crippen LogP contribution in [0.4, 0.5) is 11.4 Å². The van der Waals surface area contributed by atoms with Crippen LogP contribution < -0.4 is 5.73 Å². The van der Waals surface area contributed by atoms with E-state index >= 15 is 0 Å². The molecule has 0 aliphatic heterocycles. The van der Waals surface area contributed by atoms with Gasteiger partial charge in [0.1, 0.15) is 5.69 Å². The van der Waals surface area contributed by atoms with Crippen molar-refractivity contribution in [2.75, 3.05) is 12.8 Å². The summed E-state index contributed by atoms with van der Waals surface area (Å²) in [6.45, 7) is 1.33. The molecular weight excluding hydrogens is 290 g/mol. The van der Waals surface area contributed by atoms with E-state index in [0.717, 1.165) is 17.7 Å². The van der Waals surface area contributed by atoms with Crippen LogP contribution in [0.3, 0.4) is 0 Å². The lowest BCUT2D eigenvalue weighted by Gasteiger charge is -2.17. The van der Waals surface area contributed by atoms with Gasteiger partial charge in [0.2, 0.25) is 0 Å². The van der Waals surface area contributed by atoms with Crippen LogP contribution in [0.1, 0.15) is 11.1 Å². The highest BCUT2D eigenvalue weighted by atomic mass is 35.5. The van der Waals surface area contributed by atoms with Crippen LogP contribution in [0.5, 0.6) is 0 Å². The Kier molecular flexibility index (Phi) is 4.77. The van der Waals surface area contributed by atoms with Crippen molar-refractivity contribution < 1.29 is 4.92 Å². The predicted molar refractivity (Wildman–Crippen MR) is 84.1 cm³/mol. The first-order valence-electron chi connectivity index (χ1n) is 6.41. The van der Waals surface area contributed by atoms with Gasteiger partial charge in [0.25, 0.3) is 5.69 Å². The van der Waals surface area contributed by atoms with Crippen LogP contribution in [0, 0.1) is 10.1 Å². The maximum Gasteiger partial charge on any atom is 0.292 e. The average molecular weight is 306 g/mol. The summed E-state index contributed by atoms with van der Waals surface area (Å²) in [6.07, 6.45) is 0. The van der Waals surface area contributed by atoms with Gasteiger partial charge in [-0.2, -0.15) is 0 Å². The molecule has 2 aromatic rings. The summed E-state index contributed by atoms with van der Waals surface area (Å²) in [5.74, 6) is 0. The summed E-state index contributed by atoms with van der Waals surface area (Å²) in [6, 6.07) is 12.5. The first kappa shape index (κ1) is 15.3. The van der Waals surface area contributed by atoms with E-state index in [-0.39, 0.29) is 11.4 Å². The molecule has 0 bridgehead atoms. The molecule has 0 saturated carbocycles. The number of hydrogen-bond acceptors (Lipinski definition) is 4. The van der Waals surface area contributed by atoms with Crippen molar-refractivity contribution >= 4 is 23.0 Å². The van der Waals surface area contributed by atoms with Crippen LogP contribution in [-0.2, 0) is 13.1 Å². The minimum absolute atomic E-state index is 0.0487. The molecular formula is C15H16ClN3O2. The SMILES string of the molecule is CN(Cc1ccc(Cl)cc1)Cc1ccc(N)c([N+](=O)[O-])c1. The number of anilines is 1. The fourth-order valence-electron chi connectivity index (χ4n) is 2.11. The minimum atomic E-state index is -0.460. The summed E-state index contributed by atoms with van der Waals surface area (Å²) in [7, 11) is 1.96. The number of nitrogens with zero attached hydrogens (tertiary/aromatic N) is 2. The Balaban J connectivity index is 2.05. The Hall–Kier alpha value is -2.11. The standard InChI is InChI=1S/C15H16ClN3O2/c1-18(9-11-2-5-13(16)6-3-11)10-12-4-7-14(17)15(8-12)19(20)21/h2-8H,9-10,17H2,1H3. The lowest BCUT2D eigenvalue weighted by molar-refractivity contribution is -0.384. The summed E-state index contributed by atoms with van der Waals surface area (Å²) < 4.78 is 0. The second-order valence-corrected chi connectivity index (χ2v) is 5.39. The first-order chi connectivity index (χ1) is 9.95. The Morgan fingerprint density at radius 3 is 2.33 bits per heavy atom. The van der Waals surface area contributed by atoms with Crippen LogP contribution >= 0.6 is 11.6 Å². The van der Waals surface area contributed by atoms with E-state index in [9.17, 15) is 10.1 Å². The van der Waals surface area contributed by atoms with Gasteiger partial charge < -0.3 is 5.73 Å². The molecule has 0 atom stereocenters. The molecule has 0 amide bonds. The minimum Gasteiger partial charge on any atom is -0.393 e. The van der Waals surface area contributed by atoms with Gasteiger partial charge in [0, 0.05) is 24.2 Å². The van der Waals surface area contributed by atoms with Gasteiger partial charge >= 0.3 is 0 Å². The van der Waals surface area contributed by atoms with Crippen molar-refractivity contribution in [1.29, 1.82) is 0 Å². The summed E-state index contributed by atoms with van der Waals surface area (Å²) in [5, 5.41) is 11.6. The van der Waals surface area contributed by atoms with Crippen molar-refractivity contribution in [3.05, 3.63) is 68.7 Å². The van der Waals surface area contributed by atoms with E-state index < -0.39 is 4.92 Å². The Labute approximate surface area is 128 Å². The number of benzene rings is 2. The van der Waals surface area contributed by atoms with Crippen molar-refractivity contribution in [3.8, 4) is 0 Å². The summed E-state index contributed by atoms with van der Waals surface area (Å²) >= 11 is 5.85. The van der Waals surface area contributed by atoms with E-state index in [2.05, 4.69) is 4.90 Å². The fourth-order valence-corrected chi connectivity index (χ4v) is 2.24. The molecule has 0 spiro atoms. The molecule has 0 aliphatic rings. The molecule has 110 valence electrons. The van der Waals surface area contributed by atoms with Crippen LogP contribution in [0.2, 0.25) is 5.02 Å². The van der Waals surface area contributed by atoms with Gasteiger partial charge in [0.15, 0.2) is 0 Å². The predicted octanol–water partition coefficient (Wildman–Crippen LogP) is 3.46. The van der Waals surface area contributed by atoms with E-state index in [4.69, 9.17) is 17.3 Å². The molecule has 0 fully saturated rings. The average Bonchev–Trinajstić information content (AvgIpc) is 2.43. The molecule has 0 radical (unpaired) electrons. The van der Waals surface area contributed by atoms with Gasteiger partial charge in [0.05, 0.1) is 4.92 Å². The Morgan fingerprint density at radius 2 is 1.71 bits per heavy atom. The van der Waals surface area contributed by atoms with Gasteiger partial charge in [-0.05, 0) is 36.4 Å². The molecule has 2 aromatic carbocycles. The molecule has 0 heterocycles. The third kappa shape index (κ3) is 4.18. The number of nitro benzene ring substituents is 1. The number of nitro groups is 1. The number of halogens is 1. The molecule has 0 saturated heterocycles. The molecule has 2 rings (SSSR count). The van der Waals surface area contributed by atoms with Crippen molar-refractivity contribution in [2.24, 2.45) is 0 Å². The lowest BCUT2D eigenvalue weighted by Crippen LogP contribution is -2.17. The van der Waals surface area contributed by atoms with Crippen LogP contribution in [0.15, 0.2) is 42.5 Å². The van der Waals surface area contributed by atoms with E-state index in [1.54, 1.807) is 12.1 Å². The highest BCUT2D eigenvalue weighted by Crippen LogP contribution is 2.23. The zero-order chi connectivity index (χ0) is 15.4. The zero-order valence-electron chi connectivity index (χ0n) is 11.6. The number of hydrogen-bond donors (Lipinski definition) is 1. The van der Waals surface area contributed by atoms with Gasteiger partial charge in [-0.15, -0.1) is 0 Å². The topological polar surface area (TPSA) is 72.4 Å². The second-order valence-electron chi connectivity index (χ2n) is 4.95. The molecule has 6 heteroatoms. The second kappa shape index (κ2) is 6.56. The third-order valence-electron chi connectivity index (χ3n) is 3.11. The molecule has 0 unspecified atom stereocenters. The van der Waals surface area contributed by atoms with Gasteiger partial charge in [-0.1, -0.05) is 29.8 Å². The molecule has 2 N–H and O–H groups in total. The van der Waals surface area contributed by atoms with Gasteiger partial charge in [-0.25, -0.2) is 0 Å². The monoisotopic (exact) mass is 305 g/mol. The quantitative estimate of drug-likeness (QED) is 0.521. The highest BCUT2D eigenvalue weighted by Gasteiger charge is 2.12.